The molecule has 136 valence electrons. The summed E-state index contributed by atoms with van der Waals surface area (Å²) >= 11 is 0. The maximum absolute atomic E-state index is 12.6. The van der Waals surface area contributed by atoms with Crippen molar-refractivity contribution in [3.63, 3.8) is 0 Å². The number of allylic oxidation sites excluding steroid dienone is 2. The van der Waals surface area contributed by atoms with Crippen LogP contribution in [0, 0.1) is 5.92 Å². The van der Waals surface area contributed by atoms with Crippen molar-refractivity contribution in [3.05, 3.63) is 76.1 Å². The summed E-state index contributed by atoms with van der Waals surface area (Å²) in [4.78, 5) is 24.3. The molecule has 0 amide bonds. The van der Waals surface area contributed by atoms with Crippen LogP contribution in [0.2, 0.25) is 0 Å². The number of hydrogen-bond acceptors (Lipinski definition) is 5. The fraction of sp³-hybridized carbons (Fsp3) is 0.250. The second-order valence-electron chi connectivity index (χ2n) is 6.26. The van der Waals surface area contributed by atoms with Crippen LogP contribution in [0.25, 0.3) is 16.0 Å². The van der Waals surface area contributed by atoms with Gasteiger partial charge in [0.1, 0.15) is 5.92 Å². The van der Waals surface area contributed by atoms with Crippen LogP contribution in [0.3, 0.4) is 0 Å². The number of benzene rings is 1. The number of carbonyl (C=O) groups excluding carboxylic acids is 1. The molecular weight excluding hydrogens is 342 g/mol. The van der Waals surface area contributed by atoms with Crippen molar-refractivity contribution in [1.82, 2.24) is 4.98 Å². The highest BCUT2D eigenvalue weighted by molar-refractivity contribution is 6.06. The quantitative estimate of drug-likeness (QED) is 0.338. The topological polar surface area (TPSA) is 100 Å². The molecule has 3 rings (SSSR count). The van der Waals surface area contributed by atoms with E-state index in [1.165, 1.54) is 7.11 Å². The fourth-order valence-corrected chi connectivity index (χ4v) is 3.56. The Kier molecular flexibility index (Phi) is 5.33. The Morgan fingerprint density at radius 3 is 2.74 bits per heavy atom. The van der Waals surface area contributed by atoms with Crippen molar-refractivity contribution < 1.29 is 9.53 Å². The van der Waals surface area contributed by atoms with Crippen LogP contribution in [0.4, 0.5) is 5.69 Å². The molecule has 2 heterocycles. The van der Waals surface area contributed by atoms with Crippen LogP contribution in [0.5, 0.6) is 0 Å². The molecular formula is C20H19N5O2. The van der Waals surface area contributed by atoms with E-state index in [0.717, 1.165) is 22.4 Å². The number of ether oxygens (including phenoxy) is 1. The summed E-state index contributed by atoms with van der Waals surface area (Å²) in [6.45, 7) is 3.75. The average Bonchev–Trinajstić information content (AvgIpc) is 2.68. The van der Waals surface area contributed by atoms with E-state index in [0.29, 0.717) is 11.4 Å². The van der Waals surface area contributed by atoms with Gasteiger partial charge in [0.2, 0.25) is 0 Å². The zero-order valence-electron chi connectivity index (χ0n) is 15.3. The standard InChI is InChI=1S/C20H19N5O2/c1-12-17(15-7-5-9-22-11-15)19(18(13(2)23-12)20(26)27-3)14-6-4-8-16(10-14)24-25-21/h4-11,18-19H,1-3H3. The van der Waals surface area contributed by atoms with E-state index in [2.05, 4.69) is 20.0 Å². The number of nitrogens with zero attached hydrogens (tertiary/aromatic N) is 5. The first-order valence-corrected chi connectivity index (χ1v) is 8.46. The Labute approximate surface area is 157 Å². The van der Waals surface area contributed by atoms with Gasteiger partial charge in [-0.3, -0.25) is 14.8 Å². The Bertz CT molecular complexity index is 975. The fourth-order valence-electron chi connectivity index (χ4n) is 3.56. The largest absolute Gasteiger partial charge is 0.468 e. The maximum atomic E-state index is 12.6. The lowest BCUT2D eigenvalue weighted by Crippen LogP contribution is -2.33. The smallest absolute Gasteiger partial charge is 0.315 e. The van der Waals surface area contributed by atoms with Crippen LogP contribution in [0.15, 0.2) is 64.6 Å². The van der Waals surface area contributed by atoms with E-state index in [1.54, 1.807) is 24.5 Å². The zero-order chi connectivity index (χ0) is 19.4. The summed E-state index contributed by atoms with van der Waals surface area (Å²) in [6, 6.07) is 11.0. The lowest BCUT2D eigenvalue weighted by atomic mass is 9.73. The molecule has 1 aliphatic rings. The molecule has 0 radical (unpaired) electrons. The first-order chi connectivity index (χ1) is 13.1. The number of aliphatic imine (C=N–C) groups is 1. The van der Waals surface area contributed by atoms with Gasteiger partial charge in [0.15, 0.2) is 0 Å². The summed E-state index contributed by atoms with van der Waals surface area (Å²) < 4.78 is 5.07. The SMILES string of the molecule is COC(=O)C1C(C)=NC(C)=C(c2cccnc2)C1c1cccc(N=[N+]=[N-])c1. The molecule has 0 saturated heterocycles. The first kappa shape index (κ1) is 18.4. The minimum absolute atomic E-state index is 0.326. The van der Waals surface area contributed by atoms with E-state index in [4.69, 9.17) is 10.3 Å². The van der Waals surface area contributed by atoms with Gasteiger partial charge in [0, 0.05) is 40.3 Å². The molecule has 7 nitrogen and oxygen atoms in total. The minimum Gasteiger partial charge on any atom is -0.468 e. The summed E-state index contributed by atoms with van der Waals surface area (Å²) in [7, 11) is 1.37. The Morgan fingerprint density at radius 1 is 1.26 bits per heavy atom. The van der Waals surface area contributed by atoms with Crippen molar-refractivity contribution in [2.24, 2.45) is 16.0 Å². The summed E-state index contributed by atoms with van der Waals surface area (Å²) in [5.74, 6) is -1.26. The molecule has 1 aromatic heterocycles. The minimum atomic E-state index is -0.574. The summed E-state index contributed by atoms with van der Waals surface area (Å²) in [5.41, 5.74) is 13.4. The first-order valence-electron chi connectivity index (χ1n) is 8.46. The van der Waals surface area contributed by atoms with Crippen LogP contribution in [-0.2, 0) is 9.53 Å². The number of pyridine rings is 1. The predicted octanol–water partition coefficient (Wildman–Crippen LogP) is 4.80. The third kappa shape index (κ3) is 3.59. The number of azide groups is 1. The van der Waals surface area contributed by atoms with E-state index in [9.17, 15) is 4.79 Å². The van der Waals surface area contributed by atoms with E-state index in [1.807, 2.05) is 38.1 Å². The van der Waals surface area contributed by atoms with Crippen LogP contribution < -0.4 is 0 Å². The number of esters is 1. The van der Waals surface area contributed by atoms with Crippen LogP contribution in [-0.4, -0.2) is 23.8 Å². The number of carbonyl (C=O) groups is 1. The number of aromatic nitrogens is 1. The molecule has 2 atom stereocenters. The van der Waals surface area contributed by atoms with E-state index in [-0.39, 0.29) is 11.9 Å². The second kappa shape index (κ2) is 7.85. The van der Waals surface area contributed by atoms with Gasteiger partial charge in [-0.05, 0) is 48.2 Å². The summed E-state index contributed by atoms with van der Waals surface area (Å²) in [6.07, 6.45) is 3.46. The van der Waals surface area contributed by atoms with Gasteiger partial charge in [-0.15, -0.1) is 0 Å². The number of methoxy groups -OCH3 is 1. The van der Waals surface area contributed by atoms with Crippen molar-refractivity contribution in [1.29, 1.82) is 0 Å². The highest BCUT2D eigenvalue weighted by Crippen LogP contribution is 2.44. The predicted molar refractivity (Wildman–Crippen MR) is 103 cm³/mol. The Hall–Kier alpha value is -3.44. The molecule has 0 aliphatic carbocycles. The van der Waals surface area contributed by atoms with Crippen molar-refractivity contribution in [3.8, 4) is 0 Å². The molecule has 0 bridgehead atoms. The van der Waals surface area contributed by atoms with Gasteiger partial charge >= 0.3 is 5.97 Å². The summed E-state index contributed by atoms with van der Waals surface area (Å²) in [5, 5.41) is 3.69. The zero-order valence-corrected chi connectivity index (χ0v) is 15.3. The van der Waals surface area contributed by atoms with Gasteiger partial charge in [-0.1, -0.05) is 29.4 Å². The van der Waals surface area contributed by atoms with Crippen LogP contribution in [0.1, 0.15) is 30.9 Å². The molecule has 2 aromatic rings. The normalized spacial score (nSPS) is 19.1. The average molecular weight is 361 g/mol. The van der Waals surface area contributed by atoms with Crippen molar-refractivity contribution in [2.75, 3.05) is 7.11 Å². The molecule has 1 aliphatic heterocycles. The van der Waals surface area contributed by atoms with Gasteiger partial charge in [-0.2, -0.15) is 0 Å². The molecule has 27 heavy (non-hydrogen) atoms. The van der Waals surface area contributed by atoms with Gasteiger partial charge < -0.3 is 4.74 Å². The highest BCUT2D eigenvalue weighted by atomic mass is 16.5. The highest BCUT2D eigenvalue weighted by Gasteiger charge is 2.39. The van der Waals surface area contributed by atoms with Crippen molar-refractivity contribution in [2.45, 2.75) is 19.8 Å². The molecule has 1 aromatic carbocycles. The van der Waals surface area contributed by atoms with E-state index >= 15 is 0 Å². The molecule has 7 heteroatoms. The molecule has 0 N–H and O–H groups in total. The Balaban J connectivity index is 2.25. The van der Waals surface area contributed by atoms with Gasteiger partial charge in [0.05, 0.1) is 7.11 Å². The molecule has 0 spiro atoms. The molecule has 0 saturated carbocycles. The lowest BCUT2D eigenvalue weighted by molar-refractivity contribution is -0.143. The lowest BCUT2D eigenvalue weighted by Gasteiger charge is -2.32. The van der Waals surface area contributed by atoms with Gasteiger partial charge in [-0.25, -0.2) is 0 Å². The second-order valence-corrected chi connectivity index (χ2v) is 6.26. The maximum Gasteiger partial charge on any atom is 0.315 e. The number of rotatable bonds is 4. The number of hydrogen-bond donors (Lipinski definition) is 0. The van der Waals surface area contributed by atoms with E-state index < -0.39 is 5.92 Å². The monoisotopic (exact) mass is 361 g/mol. The third-order valence-electron chi connectivity index (χ3n) is 4.65. The van der Waals surface area contributed by atoms with Crippen molar-refractivity contribution >= 4 is 22.9 Å². The third-order valence-corrected chi connectivity index (χ3v) is 4.65. The van der Waals surface area contributed by atoms with Gasteiger partial charge in [0.25, 0.3) is 0 Å². The Morgan fingerprint density at radius 2 is 2.07 bits per heavy atom. The van der Waals surface area contributed by atoms with Crippen LogP contribution >= 0.6 is 0 Å². The molecule has 2 unspecified atom stereocenters. The molecule has 0 fully saturated rings.